The first-order chi connectivity index (χ1) is 7.54. The SMILES string of the molecule is CC(CNc1ccc(Cl)c(F)c1)C(N)=NO. The number of hydrogen-bond donors (Lipinski definition) is 3. The number of anilines is 1. The summed E-state index contributed by atoms with van der Waals surface area (Å²) in [6.07, 6.45) is 0. The number of oxime groups is 1. The standard InChI is InChI=1S/C10H13ClFN3O/c1-6(10(13)15-16)5-14-7-2-3-8(11)9(12)4-7/h2-4,6,14,16H,5H2,1H3,(H2,13,15). The van der Waals surface area contributed by atoms with Crippen molar-refractivity contribution in [3.8, 4) is 0 Å². The number of halogens is 2. The Balaban J connectivity index is 2.58. The van der Waals surface area contributed by atoms with E-state index in [1.165, 1.54) is 12.1 Å². The largest absolute Gasteiger partial charge is 0.409 e. The van der Waals surface area contributed by atoms with E-state index in [9.17, 15) is 4.39 Å². The summed E-state index contributed by atoms with van der Waals surface area (Å²) in [5.41, 5.74) is 6.00. The summed E-state index contributed by atoms with van der Waals surface area (Å²) in [5, 5.41) is 14.4. The van der Waals surface area contributed by atoms with Crippen molar-refractivity contribution < 1.29 is 9.60 Å². The predicted molar refractivity (Wildman–Crippen MR) is 62.5 cm³/mol. The summed E-state index contributed by atoms with van der Waals surface area (Å²) in [6, 6.07) is 4.42. The van der Waals surface area contributed by atoms with E-state index in [1.807, 2.05) is 0 Å². The second kappa shape index (κ2) is 5.55. The van der Waals surface area contributed by atoms with Crippen LogP contribution in [0.2, 0.25) is 5.02 Å². The Kier molecular flexibility index (Phi) is 4.37. The van der Waals surface area contributed by atoms with Crippen LogP contribution >= 0.6 is 11.6 Å². The molecule has 4 N–H and O–H groups in total. The number of nitrogens with zero attached hydrogens (tertiary/aromatic N) is 1. The molecule has 0 spiro atoms. The number of nitrogens with two attached hydrogens (primary N) is 1. The van der Waals surface area contributed by atoms with E-state index >= 15 is 0 Å². The van der Waals surface area contributed by atoms with Gasteiger partial charge in [0.15, 0.2) is 0 Å². The molecule has 0 radical (unpaired) electrons. The van der Waals surface area contributed by atoms with Gasteiger partial charge in [-0.05, 0) is 18.2 Å². The van der Waals surface area contributed by atoms with Crippen molar-refractivity contribution in [3.63, 3.8) is 0 Å². The van der Waals surface area contributed by atoms with Crippen LogP contribution in [0.4, 0.5) is 10.1 Å². The molecule has 4 nitrogen and oxygen atoms in total. The van der Waals surface area contributed by atoms with Gasteiger partial charge in [-0.25, -0.2) is 4.39 Å². The molecule has 0 amide bonds. The molecular weight excluding hydrogens is 233 g/mol. The summed E-state index contributed by atoms with van der Waals surface area (Å²) in [5.74, 6) is -0.506. The normalized spacial score (nSPS) is 13.6. The highest BCUT2D eigenvalue weighted by Gasteiger charge is 2.07. The predicted octanol–water partition coefficient (Wildman–Crippen LogP) is 2.27. The molecule has 0 aliphatic carbocycles. The van der Waals surface area contributed by atoms with Gasteiger partial charge in [-0.2, -0.15) is 0 Å². The van der Waals surface area contributed by atoms with Gasteiger partial charge in [0, 0.05) is 18.2 Å². The number of rotatable bonds is 4. The van der Waals surface area contributed by atoms with Crippen LogP contribution in [-0.4, -0.2) is 17.6 Å². The van der Waals surface area contributed by atoms with Gasteiger partial charge in [-0.1, -0.05) is 23.7 Å². The first-order valence-electron chi connectivity index (χ1n) is 4.71. The Hall–Kier alpha value is -1.49. The second-order valence-corrected chi connectivity index (χ2v) is 3.84. The lowest BCUT2D eigenvalue weighted by Crippen LogP contribution is -2.27. The van der Waals surface area contributed by atoms with E-state index in [0.29, 0.717) is 12.2 Å². The minimum Gasteiger partial charge on any atom is -0.409 e. The van der Waals surface area contributed by atoms with Crippen molar-refractivity contribution in [2.24, 2.45) is 16.8 Å². The Morgan fingerprint density at radius 1 is 1.69 bits per heavy atom. The first kappa shape index (κ1) is 12.6. The van der Waals surface area contributed by atoms with Crippen molar-refractivity contribution in [2.45, 2.75) is 6.92 Å². The molecule has 0 aliphatic rings. The van der Waals surface area contributed by atoms with E-state index in [4.69, 9.17) is 22.5 Å². The summed E-state index contributed by atoms with van der Waals surface area (Å²) in [4.78, 5) is 0. The molecule has 0 saturated heterocycles. The summed E-state index contributed by atoms with van der Waals surface area (Å²) >= 11 is 5.54. The lowest BCUT2D eigenvalue weighted by atomic mass is 10.1. The Morgan fingerprint density at radius 3 is 2.94 bits per heavy atom. The van der Waals surface area contributed by atoms with Gasteiger partial charge in [0.25, 0.3) is 0 Å². The smallest absolute Gasteiger partial charge is 0.143 e. The molecule has 0 saturated carbocycles. The molecule has 0 aliphatic heterocycles. The molecule has 88 valence electrons. The van der Waals surface area contributed by atoms with Crippen molar-refractivity contribution in [3.05, 3.63) is 29.0 Å². The van der Waals surface area contributed by atoms with Crippen LogP contribution < -0.4 is 11.1 Å². The maximum absolute atomic E-state index is 13.1. The van der Waals surface area contributed by atoms with Crippen LogP contribution in [0.15, 0.2) is 23.4 Å². The number of hydrogen-bond acceptors (Lipinski definition) is 3. The van der Waals surface area contributed by atoms with Crippen LogP contribution in [0, 0.1) is 11.7 Å². The third kappa shape index (κ3) is 3.27. The fourth-order valence-corrected chi connectivity index (χ4v) is 1.20. The Morgan fingerprint density at radius 2 is 2.38 bits per heavy atom. The first-order valence-corrected chi connectivity index (χ1v) is 5.08. The monoisotopic (exact) mass is 245 g/mol. The van der Waals surface area contributed by atoms with E-state index in [0.717, 1.165) is 0 Å². The van der Waals surface area contributed by atoms with Crippen LogP contribution in [0.3, 0.4) is 0 Å². The van der Waals surface area contributed by atoms with Crippen LogP contribution in [0.25, 0.3) is 0 Å². The fourth-order valence-electron chi connectivity index (χ4n) is 1.08. The summed E-state index contributed by atoms with van der Waals surface area (Å²) in [6.45, 7) is 2.23. The van der Waals surface area contributed by atoms with Crippen LogP contribution in [0.1, 0.15) is 6.92 Å². The highest BCUT2D eigenvalue weighted by molar-refractivity contribution is 6.30. The fraction of sp³-hybridized carbons (Fsp3) is 0.300. The molecule has 0 fully saturated rings. The van der Waals surface area contributed by atoms with Gasteiger partial charge in [0.1, 0.15) is 11.7 Å². The van der Waals surface area contributed by atoms with Crippen molar-refractivity contribution in [1.29, 1.82) is 0 Å². The number of benzene rings is 1. The minimum atomic E-state index is -0.483. The number of amidine groups is 1. The molecule has 1 aromatic carbocycles. The lowest BCUT2D eigenvalue weighted by Gasteiger charge is -2.12. The third-order valence-electron chi connectivity index (χ3n) is 2.15. The summed E-state index contributed by atoms with van der Waals surface area (Å²) < 4.78 is 13.1. The van der Waals surface area contributed by atoms with Gasteiger partial charge in [0.05, 0.1) is 5.02 Å². The highest BCUT2D eigenvalue weighted by Crippen LogP contribution is 2.18. The molecular formula is C10H13ClFN3O. The lowest BCUT2D eigenvalue weighted by molar-refractivity contribution is 0.315. The zero-order valence-electron chi connectivity index (χ0n) is 8.74. The van der Waals surface area contributed by atoms with Gasteiger partial charge in [0.2, 0.25) is 0 Å². The van der Waals surface area contributed by atoms with E-state index < -0.39 is 5.82 Å². The maximum Gasteiger partial charge on any atom is 0.143 e. The van der Waals surface area contributed by atoms with Gasteiger partial charge in [-0.3, -0.25) is 0 Å². The zero-order chi connectivity index (χ0) is 12.1. The topological polar surface area (TPSA) is 70.6 Å². The number of nitrogens with one attached hydrogen (secondary N) is 1. The van der Waals surface area contributed by atoms with Gasteiger partial charge >= 0.3 is 0 Å². The molecule has 6 heteroatoms. The average Bonchev–Trinajstić information content (AvgIpc) is 2.29. The van der Waals surface area contributed by atoms with Crippen LogP contribution in [0.5, 0.6) is 0 Å². The molecule has 1 unspecified atom stereocenters. The summed E-state index contributed by atoms with van der Waals surface area (Å²) in [7, 11) is 0. The molecule has 1 atom stereocenters. The third-order valence-corrected chi connectivity index (χ3v) is 2.46. The van der Waals surface area contributed by atoms with Gasteiger partial charge < -0.3 is 16.3 Å². The molecule has 1 aromatic rings. The highest BCUT2D eigenvalue weighted by atomic mass is 35.5. The quantitative estimate of drug-likeness (QED) is 0.330. The molecule has 0 aromatic heterocycles. The van der Waals surface area contributed by atoms with E-state index in [-0.39, 0.29) is 16.8 Å². The maximum atomic E-state index is 13.1. The molecule has 0 bridgehead atoms. The minimum absolute atomic E-state index is 0.0787. The molecule has 0 heterocycles. The second-order valence-electron chi connectivity index (χ2n) is 3.44. The average molecular weight is 246 g/mol. The van der Waals surface area contributed by atoms with E-state index in [1.54, 1.807) is 13.0 Å². The van der Waals surface area contributed by atoms with Crippen molar-refractivity contribution >= 4 is 23.1 Å². The van der Waals surface area contributed by atoms with E-state index in [2.05, 4.69) is 10.5 Å². The molecule has 16 heavy (non-hydrogen) atoms. The Labute approximate surface area is 97.9 Å². The molecule has 1 rings (SSSR count). The van der Waals surface area contributed by atoms with Crippen molar-refractivity contribution in [2.75, 3.05) is 11.9 Å². The van der Waals surface area contributed by atoms with Crippen LogP contribution in [-0.2, 0) is 0 Å². The van der Waals surface area contributed by atoms with Crippen molar-refractivity contribution in [1.82, 2.24) is 0 Å². The van der Waals surface area contributed by atoms with Gasteiger partial charge in [-0.15, -0.1) is 0 Å². The Bertz CT molecular complexity index is 398. The zero-order valence-corrected chi connectivity index (χ0v) is 9.50.